The molecule has 0 N–H and O–H groups in total. The first-order chi connectivity index (χ1) is 26.0. The zero-order valence-corrected chi connectivity index (χ0v) is 31.5. The van der Waals surface area contributed by atoms with Crippen molar-refractivity contribution in [3.8, 4) is 34.4 Å². The quantitative estimate of drug-likeness (QED) is 0.0400. The summed E-state index contributed by atoms with van der Waals surface area (Å²) < 4.78 is 17.2. The molecule has 0 saturated carbocycles. The predicted octanol–water partition coefficient (Wildman–Crippen LogP) is 12.4. The van der Waals surface area contributed by atoms with Crippen molar-refractivity contribution < 1.29 is 23.5 Å². The number of aromatic nitrogens is 2. The third kappa shape index (κ3) is 12.8. The average Bonchev–Trinajstić information content (AvgIpc) is 3.69. The fraction of sp³-hybridized carbons (Fsp3) is 0.391. The van der Waals surface area contributed by atoms with Crippen molar-refractivity contribution in [3.63, 3.8) is 0 Å². The minimum atomic E-state index is -0.401. The summed E-state index contributed by atoms with van der Waals surface area (Å²) in [6.07, 6.45) is 20.0. The largest absolute Gasteiger partial charge is 0.423 e. The number of unbranched alkanes of at least 4 members (excludes halogenated alkanes) is 12. The summed E-state index contributed by atoms with van der Waals surface area (Å²) in [6, 6.07) is 29.3. The zero-order chi connectivity index (χ0) is 37.1. The molecule has 278 valence electrons. The summed E-state index contributed by atoms with van der Waals surface area (Å²) >= 11 is 0. The van der Waals surface area contributed by atoms with Gasteiger partial charge >= 0.3 is 11.9 Å². The van der Waals surface area contributed by atoms with E-state index in [1.165, 1.54) is 101 Å². The number of nitrogens with zero attached hydrogens (tertiary/aromatic N) is 2. The van der Waals surface area contributed by atoms with Gasteiger partial charge in [-0.05, 0) is 110 Å². The Bertz CT molecular complexity index is 1680. The van der Waals surface area contributed by atoms with Crippen molar-refractivity contribution in [1.29, 1.82) is 0 Å². The van der Waals surface area contributed by atoms with Gasteiger partial charge in [-0.25, -0.2) is 9.59 Å². The standard InChI is InChI=1S/C46H54N2O5/c1-3-5-7-9-11-13-15-17-35-19-23-39(24-20-35)45(49)51-41-31-27-37(28-32-41)43-47-48-44(53-43)38-29-33-42(34-30-38)52-46(50)40-25-21-36(22-26-40)18-16-14-12-10-8-6-4-2/h19-34H,3-18H2,1-2H3. The van der Waals surface area contributed by atoms with E-state index in [1.54, 1.807) is 48.5 Å². The number of hydrogen-bond donors (Lipinski definition) is 0. The molecule has 0 unspecified atom stereocenters. The Morgan fingerprint density at radius 1 is 0.453 bits per heavy atom. The molecule has 0 aliphatic rings. The Hall–Kier alpha value is -5.04. The van der Waals surface area contributed by atoms with Crippen LogP contribution in [0.4, 0.5) is 0 Å². The molecular formula is C46H54N2O5. The number of hydrogen-bond acceptors (Lipinski definition) is 7. The summed E-state index contributed by atoms with van der Waals surface area (Å²) in [5.41, 5.74) is 4.89. The number of ether oxygens (including phenoxy) is 2. The van der Waals surface area contributed by atoms with Crippen LogP contribution in [0.2, 0.25) is 0 Å². The van der Waals surface area contributed by atoms with E-state index in [4.69, 9.17) is 13.9 Å². The van der Waals surface area contributed by atoms with E-state index in [1.807, 2.05) is 48.5 Å². The average molecular weight is 715 g/mol. The molecule has 0 bridgehead atoms. The number of carbonyl (C=O) groups is 2. The lowest BCUT2D eigenvalue weighted by molar-refractivity contribution is 0.0725. The van der Waals surface area contributed by atoms with Gasteiger partial charge in [-0.1, -0.05) is 115 Å². The van der Waals surface area contributed by atoms with Gasteiger partial charge in [0.2, 0.25) is 11.8 Å². The van der Waals surface area contributed by atoms with E-state index in [9.17, 15) is 9.59 Å². The lowest BCUT2D eigenvalue weighted by atomic mass is 10.0. The molecule has 0 atom stereocenters. The van der Waals surface area contributed by atoms with Gasteiger partial charge in [0.15, 0.2) is 0 Å². The van der Waals surface area contributed by atoms with E-state index in [2.05, 4.69) is 24.0 Å². The van der Waals surface area contributed by atoms with Crippen molar-refractivity contribution in [2.45, 2.75) is 117 Å². The third-order valence-electron chi connectivity index (χ3n) is 9.57. The molecule has 0 saturated heterocycles. The summed E-state index contributed by atoms with van der Waals surface area (Å²) in [4.78, 5) is 25.5. The van der Waals surface area contributed by atoms with Gasteiger partial charge in [-0.15, -0.1) is 10.2 Å². The van der Waals surface area contributed by atoms with Gasteiger partial charge in [0.05, 0.1) is 11.1 Å². The van der Waals surface area contributed by atoms with Gasteiger partial charge in [0.1, 0.15) is 11.5 Å². The Morgan fingerprint density at radius 2 is 0.792 bits per heavy atom. The molecule has 0 aliphatic heterocycles. The Morgan fingerprint density at radius 3 is 1.15 bits per heavy atom. The molecule has 7 nitrogen and oxygen atoms in total. The molecule has 0 radical (unpaired) electrons. The molecule has 5 rings (SSSR count). The van der Waals surface area contributed by atoms with Crippen LogP contribution in [0.15, 0.2) is 101 Å². The van der Waals surface area contributed by atoms with Crippen molar-refractivity contribution in [2.75, 3.05) is 0 Å². The summed E-state index contributed by atoms with van der Waals surface area (Å²) in [5.74, 6) is 0.717. The monoisotopic (exact) mass is 714 g/mol. The zero-order valence-electron chi connectivity index (χ0n) is 31.5. The van der Waals surface area contributed by atoms with Gasteiger partial charge in [-0.2, -0.15) is 0 Å². The number of esters is 2. The molecule has 5 aromatic rings. The maximum atomic E-state index is 12.8. The first-order valence-corrected chi connectivity index (χ1v) is 19.7. The fourth-order valence-electron chi connectivity index (χ4n) is 6.31. The fourth-order valence-corrected chi connectivity index (χ4v) is 6.31. The molecule has 0 fully saturated rings. The highest BCUT2D eigenvalue weighted by molar-refractivity contribution is 5.91. The van der Waals surface area contributed by atoms with Gasteiger partial charge in [0.25, 0.3) is 0 Å². The molecule has 53 heavy (non-hydrogen) atoms. The molecule has 0 spiro atoms. The van der Waals surface area contributed by atoms with Crippen LogP contribution in [0.25, 0.3) is 22.9 Å². The van der Waals surface area contributed by atoms with Gasteiger partial charge < -0.3 is 13.9 Å². The number of carbonyl (C=O) groups excluding carboxylic acids is 2. The molecule has 0 aliphatic carbocycles. The molecule has 1 aromatic heterocycles. The van der Waals surface area contributed by atoms with Crippen LogP contribution in [-0.2, 0) is 12.8 Å². The van der Waals surface area contributed by atoms with E-state index in [0.29, 0.717) is 45.5 Å². The second-order valence-corrected chi connectivity index (χ2v) is 13.9. The third-order valence-corrected chi connectivity index (χ3v) is 9.57. The minimum Gasteiger partial charge on any atom is -0.423 e. The number of benzene rings is 4. The van der Waals surface area contributed by atoms with Crippen LogP contribution in [0.3, 0.4) is 0 Å². The van der Waals surface area contributed by atoms with Crippen LogP contribution in [-0.4, -0.2) is 22.1 Å². The Labute approximate surface area is 315 Å². The normalized spacial score (nSPS) is 11.1. The van der Waals surface area contributed by atoms with Crippen molar-refractivity contribution in [2.24, 2.45) is 0 Å². The maximum Gasteiger partial charge on any atom is 0.343 e. The maximum absolute atomic E-state index is 12.8. The van der Waals surface area contributed by atoms with E-state index >= 15 is 0 Å². The first-order valence-electron chi connectivity index (χ1n) is 19.7. The van der Waals surface area contributed by atoms with Crippen LogP contribution in [0.5, 0.6) is 11.5 Å². The lowest BCUT2D eigenvalue weighted by Gasteiger charge is -2.07. The predicted molar refractivity (Wildman–Crippen MR) is 211 cm³/mol. The first kappa shape index (κ1) is 39.2. The van der Waals surface area contributed by atoms with Crippen molar-refractivity contribution in [3.05, 3.63) is 119 Å². The lowest BCUT2D eigenvalue weighted by Crippen LogP contribution is -2.08. The second-order valence-electron chi connectivity index (χ2n) is 13.9. The molecule has 7 heteroatoms. The van der Waals surface area contributed by atoms with Crippen LogP contribution < -0.4 is 9.47 Å². The molecule has 0 amide bonds. The highest BCUT2D eigenvalue weighted by Gasteiger charge is 2.14. The van der Waals surface area contributed by atoms with E-state index in [0.717, 1.165) is 12.8 Å². The highest BCUT2D eigenvalue weighted by Crippen LogP contribution is 2.27. The summed E-state index contributed by atoms with van der Waals surface area (Å²) in [5, 5.41) is 8.40. The smallest absolute Gasteiger partial charge is 0.343 e. The SMILES string of the molecule is CCCCCCCCCc1ccc(C(=O)Oc2ccc(-c3nnc(-c4ccc(OC(=O)c5ccc(CCCCCCCCC)cc5)cc4)o3)cc2)cc1. The van der Waals surface area contributed by atoms with E-state index in [-0.39, 0.29) is 0 Å². The van der Waals surface area contributed by atoms with E-state index < -0.39 is 11.9 Å². The Balaban J connectivity index is 1.05. The van der Waals surface area contributed by atoms with Crippen LogP contribution >= 0.6 is 0 Å². The molecule has 1 heterocycles. The summed E-state index contributed by atoms with van der Waals surface area (Å²) in [6.45, 7) is 4.48. The molecule has 4 aromatic carbocycles. The second kappa shape index (κ2) is 21.5. The molecular weight excluding hydrogens is 661 g/mol. The topological polar surface area (TPSA) is 91.5 Å². The summed E-state index contributed by atoms with van der Waals surface area (Å²) in [7, 11) is 0. The van der Waals surface area contributed by atoms with Crippen LogP contribution in [0.1, 0.15) is 136 Å². The minimum absolute atomic E-state index is 0.334. The highest BCUT2D eigenvalue weighted by atomic mass is 16.5. The Kier molecular flexibility index (Phi) is 15.9. The van der Waals surface area contributed by atoms with Crippen molar-refractivity contribution >= 4 is 11.9 Å². The van der Waals surface area contributed by atoms with Gasteiger partial charge in [-0.3, -0.25) is 0 Å². The van der Waals surface area contributed by atoms with Gasteiger partial charge in [0, 0.05) is 11.1 Å². The number of rotatable bonds is 22. The van der Waals surface area contributed by atoms with Crippen LogP contribution in [0, 0.1) is 0 Å². The number of aryl methyl sites for hydroxylation is 2. The van der Waals surface area contributed by atoms with Crippen molar-refractivity contribution in [1.82, 2.24) is 10.2 Å².